The van der Waals surface area contributed by atoms with Gasteiger partial charge in [0.25, 0.3) is 0 Å². The summed E-state index contributed by atoms with van der Waals surface area (Å²) in [6.45, 7) is 4.08. The van der Waals surface area contributed by atoms with Crippen LogP contribution in [0.2, 0.25) is 0 Å². The number of para-hydroxylation sites is 1. The highest BCUT2D eigenvalue weighted by atomic mass is 16.6. The lowest BCUT2D eigenvalue weighted by molar-refractivity contribution is -0.117. The Morgan fingerprint density at radius 1 is 1.03 bits per heavy atom. The highest BCUT2D eigenvalue weighted by molar-refractivity contribution is 5.94. The smallest absolute Gasteiger partial charge is 0.414 e. The molecule has 1 saturated heterocycles. The molecular weight excluding hydrogens is 454 g/mol. The van der Waals surface area contributed by atoms with E-state index >= 15 is 0 Å². The van der Waals surface area contributed by atoms with Gasteiger partial charge in [0, 0.05) is 30.4 Å². The van der Waals surface area contributed by atoms with E-state index in [2.05, 4.69) is 10.2 Å². The number of carbonyl (C=O) groups excluding carboxylic acids is 2. The summed E-state index contributed by atoms with van der Waals surface area (Å²) in [5.41, 5.74) is 7.54. The van der Waals surface area contributed by atoms with Crippen molar-refractivity contribution in [3.63, 3.8) is 0 Å². The summed E-state index contributed by atoms with van der Waals surface area (Å²) in [4.78, 5) is 29.4. The Balaban J connectivity index is 1.08. The van der Waals surface area contributed by atoms with E-state index in [0.29, 0.717) is 12.3 Å². The van der Waals surface area contributed by atoms with E-state index in [0.717, 1.165) is 65.0 Å². The van der Waals surface area contributed by atoms with Crippen molar-refractivity contribution in [2.75, 3.05) is 29.9 Å². The monoisotopic (exact) mass is 483 g/mol. The quantitative estimate of drug-likeness (QED) is 0.566. The summed E-state index contributed by atoms with van der Waals surface area (Å²) in [5.74, 6) is -0.0861. The first-order valence-electron chi connectivity index (χ1n) is 12.5. The molecule has 0 radical (unpaired) electrons. The summed E-state index contributed by atoms with van der Waals surface area (Å²) >= 11 is 0. The van der Waals surface area contributed by atoms with Gasteiger partial charge >= 0.3 is 6.09 Å². The van der Waals surface area contributed by atoms with E-state index in [1.807, 2.05) is 72.5 Å². The maximum atomic E-state index is 12.8. The molecule has 6 rings (SSSR count). The number of hydrogen-bond donors (Lipinski definition) is 2. The van der Waals surface area contributed by atoms with Gasteiger partial charge in [-0.05, 0) is 59.7 Å². The second-order valence-corrected chi connectivity index (χ2v) is 9.85. The molecule has 184 valence electrons. The number of benzene rings is 3. The Bertz CT molecular complexity index is 1350. The van der Waals surface area contributed by atoms with E-state index in [1.54, 1.807) is 0 Å². The molecule has 0 bridgehead atoms. The van der Waals surface area contributed by atoms with Crippen LogP contribution in [0.3, 0.4) is 0 Å². The van der Waals surface area contributed by atoms with E-state index in [1.165, 1.54) is 0 Å². The topological polar surface area (TPSA) is 82.1 Å². The van der Waals surface area contributed by atoms with Crippen LogP contribution in [0.15, 0.2) is 60.7 Å². The van der Waals surface area contributed by atoms with Gasteiger partial charge in [-0.15, -0.1) is 0 Å². The molecule has 1 atom stereocenters. The molecular formula is C29H29N3O4. The maximum Gasteiger partial charge on any atom is 0.414 e. The van der Waals surface area contributed by atoms with E-state index < -0.39 is 6.10 Å². The van der Waals surface area contributed by atoms with Gasteiger partial charge in [0.1, 0.15) is 12.7 Å². The molecule has 7 heteroatoms. The Labute approximate surface area is 210 Å². The summed E-state index contributed by atoms with van der Waals surface area (Å²) in [6, 6.07) is 19.6. The van der Waals surface area contributed by atoms with Crippen molar-refractivity contribution in [1.29, 1.82) is 0 Å². The molecule has 2 heterocycles. The van der Waals surface area contributed by atoms with Gasteiger partial charge in [-0.2, -0.15) is 0 Å². The summed E-state index contributed by atoms with van der Waals surface area (Å²) in [7, 11) is 0. The number of nitrogens with one attached hydrogen (secondary N) is 1. The third-order valence-corrected chi connectivity index (χ3v) is 7.57. The Kier molecular flexibility index (Phi) is 5.74. The number of ether oxygens (including phenoxy) is 1. The number of aliphatic hydroxyl groups is 1. The van der Waals surface area contributed by atoms with Gasteiger partial charge in [0.2, 0.25) is 5.91 Å². The molecule has 3 aliphatic rings. The Morgan fingerprint density at radius 2 is 1.81 bits per heavy atom. The number of aliphatic hydroxyl groups excluding tert-OH is 1. The van der Waals surface area contributed by atoms with Crippen molar-refractivity contribution < 1.29 is 19.4 Å². The van der Waals surface area contributed by atoms with E-state index in [-0.39, 0.29) is 24.6 Å². The number of aryl methyl sites for hydroxylation is 1. The average Bonchev–Trinajstić information content (AvgIpc) is 3.16. The lowest BCUT2D eigenvalue weighted by Crippen LogP contribution is -2.50. The van der Waals surface area contributed by atoms with Gasteiger partial charge in [0.15, 0.2) is 0 Å². The number of fused-ring (bicyclic) bond motifs is 4. The van der Waals surface area contributed by atoms with Gasteiger partial charge in [-0.25, -0.2) is 4.79 Å². The predicted molar refractivity (Wildman–Crippen MR) is 138 cm³/mol. The number of piperidine rings is 1. The zero-order valence-corrected chi connectivity index (χ0v) is 20.2. The molecule has 1 fully saturated rings. The minimum absolute atomic E-state index is 0.0526. The first kappa shape index (κ1) is 22.8. The second-order valence-electron chi connectivity index (χ2n) is 9.85. The number of hydrogen-bond acceptors (Lipinski definition) is 5. The van der Waals surface area contributed by atoms with Crippen LogP contribution in [0.1, 0.15) is 41.2 Å². The van der Waals surface area contributed by atoms with Crippen molar-refractivity contribution >= 4 is 23.4 Å². The molecule has 0 spiro atoms. The summed E-state index contributed by atoms with van der Waals surface area (Å²) < 4.78 is 5.43. The molecule has 3 aromatic carbocycles. The summed E-state index contributed by atoms with van der Waals surface area (Å²) in [6.07, 6.45) is 0.593. The van der Waals surface area contributed by atoms with Crippen LogP contribution in [0.5, 0.6) is 0 Å². The second kappa shape index (κ2) is 9.08. The fraction of sp³-hybridized carbons (Fsp3) is 0.310. The minimum Gasteiger partial charge on any atom is -0.444 e. The van der Waals surface area contributed by atoms with Crippen molar-refractivity contribution in [3.8, 4) is 11.1 Å². The molecule has 0 saturated carbocycles. The van der Waals surface area contributed by atoms with Crippen LogP contribution in [0.25, 0.3) is 11.1 Å². The molecule has 2 amide bonds. The minimum atomic E-state index is -0.678. The fourth-order valence-corrected chi connectivity index (χ4v) is 5.81. The van der Waals surface area contributed by atoms with Gasteiger partial charge < -0.3 is 15.2 Å². The first-order chi connectivity index (χ1) is 17.5. The maximum absolute atomic E-state index is 12.8. The number of anilines is 2. The van der Waals surface area contributed by atoms with Crippen LogP contribution in [0, 0.1) is 6.92 Å². The molecule has 3 aromatic rings. The largest absolute Gasteiger partial charge is 0.444 e. The van der Waals surface area contributed by atoms with Crippen molar-refractivity contribution in [2.45, 2.75) is 38.5 Å². The van der Waals surface area contributed by atoms with Crippen molar-refractivity contribution in [3.05, 3.63) is 82.9 Å². The van der Waals surface area contributed by atoms with Crippen LogP contribution in [0.4, 0.5) is 16.2 Å². The number of nitrogens with zero attached hydrogens (tertiary/aromatic N) is 2. The summed E-state index contributed by atoms with van der Waals surface area (Å²) in [5, 5.41) is 13.7. The van der Waals surface area contributed by atoms with Gasteiger partial charge in [-0.1, -0.05) is 48.5 Å². The number of likely N-dealkylation sites (tertiary alicyclic amines) is 1. The van der Waals surface area contributed by atoms with Crippen LogP contribution < -0.4 is 10.2 Å². The number of cyclic esters (lactones) is 1. The third-order valence-electron chi connectivity index (χ3n) is 7.57. The molecule has 1 aliphatic carbocycles. The first-order valence-corrected chi connectivity index (χ1v) is 12.5. The molecule has 7 nitrogen and oxygen atoms in total. The number of rotatable bonds is 4. The van der Waals surface area contributed by atoms with Crippen molar-refractivity contribution in [1.82, 2.24) is 4.90 Å². The lowest BCUT2D eigenvalue weighted by Gasteiger charge is -2.40. The van der Waals surface area contributed by atoms with Gasteiger partial charge in [-0.3, -0.25) is 14.6 Å². The van der Waals surface area contributed by atoms with Crippen LogP contribution in [-0.2, 0) is 16.1 Å². The van der Waals surface area contributed by atoms with Crippen molar-refractivity contribution in [2.24, 2.45) is 0 Å². The molecule has 2 aliphatic heterocycles. The van der Waals surface area contributed by atoms with Crippen LogP contribution >= 0.6 is 0 Å². The molecule has 0 aromatic heterocycles. The zero-order chi connectivity index (χ0) is 24.8. The fourth-order valence-electron chi connectivity index (χ4n) is 5.81. The molecule has 2 N–H and O–H groups in total. The van der Waals surface area contributed by atoms with E-state index in [9.17, 15) is 14.7 Å². The average molecular weight is 484 g/mol. The van der Waals surface area contributed by atoms with E-state index in [4.69, 9.17) is 4.74 Å². The Hall–Kier alpha value is -3.68. The normalized spacial score (nSPS) is 19.3. The van der Waals surface area contributed by atoms with Gasteiger partial charge in [0.05, 0.1) is 12.2 Å². The predicted octanol–water partition coefficient (Wildman–Crippen LogP) is 4.62. The SMILES string of the molecule is Cc1cccc2c1N(C1CCN(CC(=O)Nc3ccc4c(c3)C(O)c3ccccc3-4)CC1)C(=O)OC2. The highest BCUT2D eigenvalue weighted by Crippen LogP contribution is 2.44. The lowest BCUT2D eigenvalue weighted by atomic mass is 9.99. The Morgan fingerprint density at radius 3 is 2.64 bits per heavy atom. The van der Waals surface area contributed by atoms with Crippen LogP contribution in [-0.4, -0.2) is 47.7 Å². The molecule has 1 unspecified atom stereocenters. The molecule has 36 heavy (non-hydrogen) atoms. The number of carbonyl (C=O) groups is 2. The standard InChI is InChI=1S/C29H29N3O4/c1-18-5-4-6-19-17-36-29(35)32(27(18)19)21-11-13-31(14-12-21)16-26(33)30-20-9-10-23-22-7-2-3-8-24(22)28(34)25(23)15-20/h2-10,15,21,28,34H,11-14,16-17H2,1H3,(H,30,33). The third kappa shape index (κ3) is 3.94. The highest BCUT2D eigenvalue weighted by Gasteiger charge is 2.35. The number of amides is 2. The zero-order valence-electron chi connectivity index (χ0n) is 20.2.